The molecule has 8 heteroatoms. The number of carbonyl (C=O) groups excluding carboxylic acids is 1. The second kappa shape index (κ2) is 7.34. The Morgan fingerprint density at radius 1 is 1.14 bits per heavy atom. The highest BCUT2D eigenvalue weighted by atomic mass is 16.5. The van der Waals surface area contributed by atoms with Crippen LogP contribution in [0.4, 0.5) is 0 Å². The van der Waals surface area contributed by atoms with Crippen LogP contribution in [0.15, 0.2) is 12.1 Å². The summed E-state index contributed by atoms with van der Waals surface area (Å²) in [7, 11) is 4.16. The minimum atomic E-state index is -1.41. The molecule has 0 fully saturated rings. The summed E-state index contributed by atoms with van der Waals surface area (Å²) in [6.07, 6.45) is 0. The molecular formula is C13H17NO7. The van der Waals surface area contributed by atoms with Crippen molar-refractivity contribution >= 4 is 11.9 Å². The summed E-state index contributed by atoms with van der Waals surface area (Å²) >= 11 is 0. The molecule has 0 aliphatic carbocycles. The fourth-order valence-corrected chi connectivity index (χ4v) is 1.70. The van der Waals surface area contributed by atoms with Crippen molar-refractivity contribution in [3.05, 3.63) is 17.7 Å². The fraction of sp³-hybridized carbons (Fsp3) is 0.385. The third kappa shape index (κ3) is 3.54. The van der Waals surface area contributed by atoms with Gasteiger partial charge in [0.05, 0.1) is 33.5 Å². The zero-order valence-electron chi connectivity index (χ0n) is 11.9. The summed E-state index contributed by atoms with van der Waals surface area (Å²) in [4.78, 5) is 22.9. The molecule has 1 unspecified atom stereocenters. The number of carboxylic acid groups (broad SMARTS) is 1. The molecule has 1 atom stereocenters. The average molecular weight is 299 g/mol. The zero-order valence-corrected chi connectivity index (χ0v) is 11.9. The van der Waals surface area contributed by atoms with E-state index < -0.39 is 24.5 Å². The molecule has 0 spiro atoms. The Morgan fingerprint density at radius 3 is 2.19 bits per heavy atom. The highest BCUT2D eigenvalue weighted by Crippen LogP contribution is 2.39. The second-order valence-electron chi connectivity index (χ2n) is 3.93. The van der Waals surface area contributed by atoms with Gasteiger partial charge in [-0.05, 0) is 12.1 Å². The van der Waals surface area contributed by atoms with E-state index in [1.54, 1.807) is 0 Å². The van der Waals surface area contributed by atoms with Gasteiger partial charge in [-0.15, -0.1) is 0 Å². The van der Waals surface area contributed by atoms with Gasteiger partial charge in [-0.2, -0.15) is 0 Å². The molecule has 1 amide bonds. The number of aliphatic hydroxyl groups excluding tert-OH is 1. The number of aliphatic carboxylic acids is 1. The number of ether oxygens (including phenoxy) is 3. The van der Waals surface area contributed by atoms with Crippen molar-refractivity contribution in [3.8, 4) is 17.2 Å². The normalized spacial score (nSPS) is 11.4. The van der Waals surface area contributed by atoms with E-state index in [0.29, 0.717) is 5.75 Å². The third-order valence-electron chi connectivity index (χ3n) is 2.73. The smallest absolute Gasteiger partial charge is 0.328 e. The zero-order chi connectivity index (χ0) is 16.0. The van der Waals surface area contributed by atoms with Crippen LogP contribution in [0.5, 0.6) is 17.2 Å². The van der Waals surface area contributed by atoms with E-state index in [4.69, 9.17) is 24.4 Å². The van der Waals surface area contributed by atoms with Crippen LogP contribution >= 0.6 is 0 Å². The molecule has 0 bridgehead atoms. The number of carbonyl (C=O) groups is 2. The largest absolute Gasteiger partial charge is 0.493 e. The summed E-state index contributed by atoms with van der Waals surface area (Å²) in [5.74, 6) is -1.37. The van der Waals surface area contributed by atoms with Gasteiger partial charge in [0.1, 0.15) is 0 Å². The van der Waals surface area contributed by atoms with Gasteiger partial charge in [0.15, 0.2) is 17.5 Å². The number of benzene rings is 1. The van der Waals surface area contributed by atoms with Crippen molar-refractivity contribution < 1.29 is 34.0 Å². The molecule has 0 aliphatic rings. The van der Waals surface area contributed by atoms with Crippen molar-refractivity contribution in [2.24, 2.45) is 0 Å². The van der Waals surface area contributed by atoms with E-state index in [1.807, 2.05) is 0 Å². The highest BCUT2D eigenvalue weighted by molar-refractivity contribution is 6.00. The molecule has 3 N–H and O–H groups in total. The van der Waals surface area contributed by atoms with E-state index in [9.17, 15) is 9.59 Å². The molecule has 1 aromatic carbocycles. The molecule has 0 heterocycles. The molecule has 1 aromatic rings. The lowest BCUT2D eigenvalue weighted by Gasteiger charge is -2.17. The van der Waals surface area contributed by atoms with E-state index >= 15 is 0 Å². The van der Waals surface area contributed by atoms with Crippen molar-refractivity contribution in [2.45, 2.75) is 6.04 Å². The van der Waals surface area contributed by atoms with Crippen LogP contribution in [0.2, 0.25) is 0 Å². The van der Waals surface area contributed by atoms with Crippen molar-refractivity contribution in [1.82, 2.24) is 5.32 Å². The first-order valence-corrected chi connectivity index (χ1v) is 5.93. The summed E-state index contributed by atoms with van der Waals surface area (Å²) in [6.45, 7) is -0.726. The maximum absolute atomic E-state index is 12.1. The van der Waals surface area contributed by atoms with Crippen LogP contribution in [0.1, 0.15) is 10.4 Å². The number of rotatable bonds is 7. The summed E-state index contributed by atoms with van der Waals surface area (Å²) in [5.41, 5.74) is 0.0647. The third-order valence-corrected chi connectivity index (χ3v) is 2.73. The summed E-state index contributed by atoms with van der Waals surface area (Å²) < 4.78 is 15.3. The number of hydrogen-bond donors (Lipinski definition) is 3. The van der Waals surface area contributed by atoms with Gasteiger partial charge in [0.25, 0.3) is 5.91 Å². The van der Waals surface area contributed by atoms with Crippen LogP contribution in [0, 0.1) is 0 Å². The first-order valence-electron chi connectivity index (χ1n) is 5.93. The monoisotopic (exact) mass is 299 g/mol. The lowest BCUT2D eigenvalue weighted by molar-refractivity contribution is -0.140. The molecule has 8 nitrogen and oxygen atoms in total. The van der Waals surface area contributed by atoms with E-state index in [-0.39, 0.29) is 17.1 Å². The second-order valence-corrected chi connectivity index (χ2v) is 3.93. The Hall–Kier alpha value is -2.48. The molecule has 0 aliphatic heterocycles. The van der Waals surface area contributed by atoms with Gasteiger partial charge < -0.3 is 29.7 Å². The molecule has 116 valence electrons. The maximum atomic E-state index is 12.1. The average Bonchev–Trinajstić information content (AvgIpc) is 2.49. The fourth-order valence-electron chi connectivity index (χ4n) is 1.70. The Balaban J connectivity index is 3.18. The Labute approximate surface area is 121 Å². The molecule has 21 heavy (non-hydrogen) atoms. The van der Waals surface area contributed by atoms with Gasteiger partial charge >= 0.3 is 5.97 Å². The van der Waals surface area contributed by atoms with Crippen LogP contribution in [-0.4, -0.2) is 56.1 Å². The molecule has 1 rings (SSSR count). The SMILES string of the molecule is COc1ccc(C(=O)NC(CO)C(=O)O)c(OC)c1OC. The standard InChI is InChI=1S/C13H17NO7/c1-19-9-5-4-7(10(20-2)11(9)21-3)12(16)14-8(6-15)13(17)18/h4-5,8,15H,6H2,1-3H3,(H,14,16)(H,17,18). The topological polar surface area (TPSA) is 114 Å². The number of methoxy groups -OCH3 is 3. The first-order chi connectivity index (χ1) is 9.99. The maximum Gasteiger partial charge on any atom is 0.328 e. The van der Waals surface area contributed by atoms with Crippen LogP contribution in [0.25, 0.3) is 0 Å². The van der Waals surface area contributed by atoms with Crippen molar-refractivity contribution in [3.63, 3.8) is 0 Å². The Bertz CT molecular complexity index is 529. The summed E-state index contributed by atoms with van der Waals surface area (Å²) in [5, 5.41) is 19.9. The number of hydrogen-bond acceptors (Lipinski definition) is 6. The minimum absolute atomic E-state index is 0.0647. The van der Waals surface area contributed by atoms with Crippen molar-refractivity contribution in [2.75, 3.05) is 27.9 Å². The molecule has 0 aromatic heterocycles. The van der Waals surface area contributed by atoms with Crippen LogP contribution in [-0.2, 0) is 4.79 Å². The Morgan fingerprint density at radius 2 is 1.76 bits per heavy atom. The summed E-state index contributed by atoms with van der Waals surface area (Å²) in [6, 6.07) is 1.49. The van der Waals surface area contributed by atoms with E-state index in [0.717, 1.165) is 0 Å². The predicted molar refractivity (Wildman–Crippen MR) is 72.1 cm³/mol. The first kappa shape index (κ1) is 16.6. The number of nitrogens with one attached hydrogen (secondary N) is 1. The van der Waals surface area contributed by atoms with E-state index in [2.05, 4.69) is 5.32 Å². The van der Waals surface area contributed by atoms with Gasteiger partial charge in [-0.25, -0.2) is 4.79 Å². The van der Waals surface area contributed by atoms with Gasteiger partial charge in [-0.3, -0.25) is 4.79 Å². The number of carboxylic acids is 1. The lowest BCUT2D eigenvalue weighted by atomic mass is 10.1. The quantitative estimate of drug-likeness (QED) is 0.643. The van der Waals surface area contributed by atoms with Crippen LogP contribution < -0.4 is 19.5 Å². The van der Waals surface area contributed by atoms with Crippen LogP contribution in [0.3, 0.4) is 0 Å². The van der Waals surface area contributed by atoms with Gasteiger partial charge in [-0.1, -0.05) is 0 Å². The molecule has 0 radical (unpaired) electrons. The Kier molecular flexibility index (Phi) is 5.79. The van der Waals surface area contributed by atoms with Gasteiger partial charge in [0, 0.05) is 0 Å². The predicted octanol–water partition coefficient (Wildman–Crippen LogP) is -0.112. The molecule has 0 saturated heterocycles. The van der Waals surface area contributed by atoms with E-state index in [1.165, 1.54) is 33.5 Å². The minimum Gasteiger partial charge on any atom is -0.493 e. The lowest BCUT2D eigenvalue weighted by Crippen LogP contribution is -2.43. The highest BCUT2D eigenvalue weighted by Gasteiger charge is 2.24. The number of amides is 1. The molecule has 0 saturated carbocycles. The molecular weight excluding hydrogens is 282 g/mol. The number of aliphatic hydroxyl groups is 1. The van der Waals surface area contributed by atoms with Crippen molar-refractivity contribution in [1.29, 1.82) is 0 Å². The van der Waals surface area contributed by atoms with Gasteiger partial charge in [0.2, 0.25) is 5.75 Å².